The van der Waals surface area contributed by atoms with Gasteiger partial charge in [0.2, 0.25) is 11.9 Å². The highest BCUT2D eigenvalue weighted by atomic mass is 16.1. The fourth-order valence-corrected chi connectivity index (χ4v) is 3.63. The van der Waals surface area contributed by atoms with Gasteiger partial charge in [-0.1, -0.05) is 12.8 Å². The zero-order valence-corrected chi connectivity index (χ0v) is 16.2. The van der Waals surface area contributed by atoms with Crippen LogP contribution in [0.5, 0.6) is 0 Å². The fraction of sp³-hybridized carbons (Fsp3) is 0.684. The van der Waals surface area contributed by atoms with Crippen LogP contribution in [0.2, 0.25) is 0 Å². The van der Waals surface area contributed by atoms with Gasteiger partial charge in [0.1, 0.15) is 0 Å². The zero-order chi connectivity index (χ0) is 18.9. The maximum Gasteiger partial charge on any atom is 0.225 e. The van der Waals surface area contributed by atoms with Gasteiger partial charge in [0.15, 0.2) is 5.96 Å². The van der Waals surface area contributed by atoms with Crippen molar-refractivity contribution in [1.29, 1.82) is 0 Å². The Bertz CT molecular complexity index is 608. The number of rotatable bonds is 6. The summed E-state index contributed by atoms with van der Waals surface area (Å²) in [5, 5.41) is 6.47. The number of carbonyl (C=O) groups excluding carboxylic acids is 1. The van der Waals surface area contributed by atoms with E-state index in [4.69, 9.17) is 0 Å². The van der Waals surface area contributed by atoms with E-state index in [0.29, 0.717) is 19.0 Å². The van der Waals surface area contributed by atoms with E-state index in [1.54, 1.807) is 12.4 Å². The molecule has 148 valence electrons. The second-order valence-corrected chi connectivity index (χ2v) is 7.06. The Labute approximate surface area is 161 Å². The molecule has 0 spiro atoms. The number of aromatic nitrogens is 2. The molecule has 2 aliphatic rings. The molecule has 1 saturated heterocycles. The molecule has 2 N–H and O–H groups in total. The van der Waals surface area contributed by atoms with Gasteiger partial charge in [-0.15, -0.1) is 0 Å². The number of piperazine rings is 1. The molecule has 0 bridgehead atoms. The van der Waals surface area contributed by atoms with Gasteiger partial charge in [-0.05, 0) is 25.8 Å². The molecule has 0 unspecified atom stereocenters. The third-order valence-corrected chi connectivity index (χ3v) is 5.07. The van der Waals surface area contributed by atoms with E-state index < -0.39 is 0 Å². The number of nitrogens with one attached hydrogen (secondary N) is 2. The van der Waals surface area contributed by atoms with Gasteiger partial charge in [-0.25, -0.2) is 9.97 Å². The molecule has 1 aliphatic heterocycles. The van der Waals surface area contributed by atoms with Gasteiger partial charge in [0, 0.05) is 57.6 Å². The lowest BCUT2D eigenvalue weighted by atomic mass is 10.2. The normalized spacial score (nSPS) is 18.6. The highest BCUT2D eigenvalue weighted by molar-refractivity contribution is 5.81. The monoisotopic (exact) mass is 373 g/mol. The van der Waals surface area contributed by atoms with E-state index in [2.05, 4.69) is 42.3 Å². The van der Waals surface area contributed by atoms with Crippen molar-refractivity contribution in [3.8, 4) is 0 Å². The Morgan fingerprint density at radius 1 is 1.19 bits per heavy atom. The maximum absolute atomic E-state index is 12.1. The molecule has 8 heteroatoms. The smallest absolute Gasteiger partial charge is 0.225 e. The van der Waals surface area contributed by atoms with Gasteiger partial charge in [0.25, 0.3) is 0 Å². The van der Waals surface area contributed by atoms with Crippen LogP contribution in [0.25, 0.3) is 0 Å². The van der Waals surface area contributed by atoms with Gasteiger partial charge in [-0.3, -0.25) is 9.79 Å². The summed E-state index contributed by atoms with van der Waals surface area (Å²) in [5.41, 5.74) is 0. The lowest BCUT2D eigenvalue weighted by molar-refractivity contribution is -0.121. The van der Waals surface area contributed by atoms with Crippen molar-refractivity contribution in [3.63, 3.8) is 0 Å². The van der Waals surface area contributed by atoms with Crippen LogP contribution >= 0.6 is 0 Å². The topological polar surface area (TPSA) is 85.8 Å². The van der Waals surface area contributed by atoms with Crippen LogP contribution in [0.4, 0.5) is 5.95 Å². The van der Waals surface area contributed by atoms with Gasteiger partial charge >= 0.3 is 0 Å². The van der Waals surface area contributed by atoms with Crippen molar-refractivity contribution in [1.82, 2.24) is 25.5 Å². The summed E-state index contributed by atoms with van der Waals surface area (Å²) in [6, 6.07) is 2.21. The standard InChI is InChI=1S/C19H31N7O/c1-2-20-18(23-11-8-17(27)24-16-6-3-4-7-16)25-12-14-26(15-13-25)19-21-9-5-10-22-19/h5,9-10,16H,2-4,6-8,11-15H2,1H3,(H,20,23)(H,24,27). The number of nitrogens with zero attached hydrogens (tertiary/aromatic N) is 5. The number of guanidine groups is 1. The van der Waals surface area contributed by atoms with E-state index >= 15 is 0 Å². The molecule has 1 amide bonds. The summed E-state index contributed by atoms with van der Waals surface area (Å²) in [4.78, 5) is 29.8. The Hall–Kier alpha value is -2.38. The van der Waals surface area contributed by atoms with E-state index in [9.17, 15) is 4.79 Å². The minimum atomic E-state index is 0.118. The Morgan fingerprint density at radius 3 is 2.56 bits per heavy atom. The summed E-state index contributed by atoms with van der Waals surface area (Å²) in [6.45, 7) is 6.83. The number of aliphatic imine (C=N–C) groups is 1. The first-order valence-corrected chi connectivity index (χ1v) is 10.1. The van der Waals surface area contributed by atoms with Crippen LogP contribution in [0.1, 0.15) is 39.0 Å². The third kappa shape index (κ3) is 5.80. The van der Waals surface area contributed by atoms with Crippen LogP contribution in [-0.4, -0.2) is 72.0 Å². The van der Waals surface area contributed by atoms with Crippen molar-refractivity contribution in [2.45, 2.75) is 45.1 Å². The van der Waals surface area contributed by atoms with Crippen LogP contribution < -0.4 is 15.5 Å². The number of hydrogen-bond acceptors (Lipinski definition) is 5. The molecule has 27 heavy (non-hydrogen) atoms. The SMILES string of the molecule is CCNC(=NCCC(=O)NC1CCCC1)N1CCN(c2ncccn2)CC1. The molecule has 0 aromatic carbocycles. The predicted octanol–water partition coefficient (Wildman–Crippen LogP) is 1.01. The second kappa shape index (κ2) is 10.1. The molecule has 8 nitrogen and oxygen atoms in total. The highest BCUT2D eigenvalue weighted by Crippen LogP contribution is 2.17. The summed E-state index contributed by atoms with van der Waals surface area (Å²) in [5.74, 6) is 1.79. The van der Waals surface area contributed by atoms with Crippen LogP contribution in [-0.2, 0) is 4.79 Å². The maximum atomic E-state index is 12.1. The summed E-state index contributed by atoms with van der Waals surface area (Å²) >= 11 is 0. The van der Waals surface area contributed by atoms with Crippen molar-refractivity contribution in [2.24, 2.45) is 4.99 Å². The molecule has 0 atom stereocenters. The lowest BCUT2D eigenvalue weighted by Crippen LogP contribution is -2.53. The Balaban J connectivity index is 1.46. The van der Waals surface area contributed by atoms with Crippen LogP contribution in [0.3, 0.4) is 0 Å². The first kappa shape index (κ1) is 19.4. The minimum Gasteiger partial charge on any atom is -0.357 e. The molecule has 1 aromatic rings. The molecule has 2 heterocycles. The average Bonchev–Trinajstić information content (AvgIpc) is 3.21. The molecule has 2 fully saturated rings. The number of carbonyl (C=O) groups is 1. The van der Waals surface area contributed by atoms with Gasteiger partial charge < -0.3 is 20.4 Å². The number of anilines is 1. The minimum absolute atomic E-state index is 0.118. The number of amides is 1. The number of hydrogen-bond donors (Lipinski definition) is 2. The van der Waals surface area contributed by atoms with E-state index in [0.717, 1.165) is 57.5 Å². The first-order valence-electron chi connectivity index (χ1n) is 10.1. The lowest BCUT2D eigenvalue weighted by Gasteiger charge is -2.36. The van der Waals surface area contributed by atoms with Crippen molar-refractivity contribution >= 4 is 17.8 Å². The Kier molecular flexibility index (Phi) is 7.24. The third-order valence-electron chi connectivity index (χ3n) is 5.07. The Morgan fingerprint density at radius 2 is 1.89 bits per heavy atom. The second-order valence-electron chi connectivity index (χ2n) is 7.06. The van der Waals surface area contributed by atoms with E-state index in [1.165, 1.54) is 12.8 Å². The molecular weight excluding hydrogens is 342 g/mol. The van der Waals surface area contributed by atoms with Gasteiger partial charge in [0.05, 0.1) is 6.54 Å². The molecular formula is C19H31N7O. The highest BCUT2D eigenvalue weighted by Gasteiger charge is 2.21. The van der Waals surface area contributed by atoms with E-state index in [1.807, 2.05) is 6.07 Å². The molecule has 1 aliphatic carbocycles. The summed E-state index contributed by atoms with van der Waals surface area (Å²) in [7, 11) is 0. The van der Waals surface area contributed by atoms with Crippen molar-refractivity contribution in [2.75, 3.05) is 44.2 Å². The largest absolute Gasteiger partial charge is 0.357 e. The zero-order valence-electron chi connectivity index (χ0n) is 16.2. The quantitative estimate of drug-likeness (QED) is 0.572. The average molecular weight is 374 g/mol. The van der Waals surface area contributed by atoms with E-state index in [-0.39, 0.29) is 5.91 Å². The first-order chi connectivity index (χ1) is 13.3. The summed E-state index contributed by atoms with van der Waals surface area (Å²) in [6.07, 6.45) is 8.69. The van der Waals surface area contributed by atoms with Gasteiger partial charge in [-0.2, -0.15) is 0 Å². The predicted molar refractivity (Wildman–Crippen MR) is 107 cm³/mol. The van der Waals surface area contributed by atoms with Crippen LogP contribution in [0, 0.1) is 0 Å². The fourth-order valence-electron chi connectivity index (χ4n) is 3.63. The summed E-state index contributed by atoms with van der Waals surface area (Å²) < 4.78 is 0. The van der Waals surface area contributed by atoms with Crippen molar-refractivity contribution in [3.05, 3.63) is 18.5 Å². The van der Waals surface area contributed by atoms with Crippen LogP contribution in [0.15, 0.2) is 23.5 Å². The molecule has 3 rings (SSSR count). The van der Waals surface area contributed by atoms with Crippen molar-refractivity contribution < 1.29 is 4.79 Å². The molecule has 1 saturated carbocycles. The molecule has 1 aromatic heterocycles. The molecule has 0 radical (unpaired) electrons.